The summed E-state index contributed by atoms with van der Waals surface area (Å²) in [6, 6.07) is 4.10. The van der Waals surface area contributed by atoms with Crippen LogP contribution in [-0.4, -0.2) is 49.6 Å². The fourth-order valence-electron chi connectivity index (χ4n) is 4.11. The molecule has 3 rings (SSSR count). The molecule has 0 amide bonds. The van der Waals surface area contributed by atoms with Gasteiger partial charge in [0.05, 0.1) is 14.2 Å². The number of fused-ring (bicyclic) bond motifs is 3. The summed E-state index contributed by atoms with van der Waals surface area (Å²) in [6.07, 6.45) is 3.14. The van der Waals surface area contributed by atoms with Crippen molar-refractivity contribution < 1.29 is 19.4 Å². The summed E-state index contributed by atoms with van der Waals surface area (Å²) in [5.74, 6) is 1.15. The van der Waals surface area contributed by atoms with Gasteiger partial charge in [-0.15, -0.1) is 0 Å². The summed E-state index contributed by atoms with van der Waals surface area (Å²) in [6.45, 7) is 3.06. The molecule has 0 aliphatic heterocycles. The highest BCUT2D eigenvalue weighted by atomic mass is 16.5. The molecule has 0 bridgehead atoms. The van der Waals surface area contributed by atoms with Crippen LogP contribution in [0.2, 0.25) is 0 Å². The summed E-state index contributed by atoms with van der Waals surface area (Å²) >= 11 is 0. The van der Waals surface area contributed by atoms with Crippen LogP contribution in [0.1, 0.15) is 30.4 Å². The lowest BCUT2D eigenvalue weighted by Gasteiger charge is -2.44. The number of rotatable bonds is 4. The number of phenols is 1. The lowest BCUT2D eigenvalue weighted by molar-refractivity contribution is -0.120. The van der Waals surface area contributed by atoms with Crippen molar-refractivity contribution in [2.24, 2.45) is 5.92 Å². The Labute approximate surface area is 142 Å². The van der Waals surface area contributed by atoms with Crippen LogP contribution in [0.25, 0.3) is 0 Å². The van der Waals surface area contributed by atoms with Crippen LogP contribution >= 0.6 is 0 Å². The van der Waals surface area contributed by atoms with Gasteiger partial charge in [0.15, 0.2) is 23.0 Å². The summed E-state index contributed by atoms with van der Waals surface area (Å²) < 4.78 is 10.6. The second kappa shape index (κ2) is 6.48. The summed E-state index contributed by atoms with van der Waals surface area (Å²) in [7, 11) is 5.19. The number of ketones is 1. The number of nitrogens with zero attached hydrogens (tertiary/aromatic N) is 1. The normalized spacial score (nSPS) is 25.8. The zero-order valence-corrected chi connectivity index (χ0v) is 14.7. The van der Waals surface area contributed by atoms with Gasteiger partial charge in [-0.2, -0.15) is 0 Å². The quantitative estimate of drug-likeness (QED) is 0.918. The number of benzene rings is 1. The van der Waals surface area contributed by atoms with E-state index >= 15 is 0 Å². The standard InChI is InChI=1S/C19H25NO4/c1-5-20(2)14-8-11-6-7-16(23-3)19(22)18(11)13-9-15(21)17(24-4)10-12(13)14/h6-7,10,12-14,22H,5,8-9H2,1-4H3/t12-,13?,14-/m0/s1. The molecule has 3 atom stereocenters. The van der Waals surface area contributed by atoms with Crippen molar-refractivity contribution in [3.63, 3.8) is 0 Å². The maximum Gasteiger partial charge on any atom is 0.197 e. The largest absolute Gasteiger partial charge is 0.504 e. The van der Waals surface area contributed by atoms with Crippen LogP contribution in [0, 0.1) is 5.92 Å². The molecule has 5 nitrogen and oxygen atoms in total. The van der Waals surface area contributed by atoms with Gasteiger partial charge in [0.1, 0.15) is 0 Å². The van der Waals surface area contributed by atoms with Crippen molar-refractivity contribution in [3.8, 4) is 11.5 Å². The Hall–Kier alpha value is -2.01. The van der Waals surface area contributed by atoms with E-state index in [0.29, 0.717) is 17.9 Å². The number of Topliss-reactive ketones (excluding diaryl/α,β-unsaturated/α-hetero) is 1. The average molecular weight is 331 g/mol. The fraction of sp³-hybridized carbons (Fsp3) is 0.526. The van der Waals surface area contributed by atoms with Gasteiger partial charge in [-0.25, -0.2) is 0 Å². The van der Waals surface area contributed by atoms with E-state index in [0.717, 1.165) is 24.1 Å². The van der Waals surface area contributed by atoms with E-state index in [4.69, 9.17) is 9.47 Å². The van der Waals surface area contributed by atoms with Gasteiger partial charge >= 0.3 is 0 Å². The average Bonchev–Trinajstić information content (AvgIpc) is 2.59. The fourth-order valence-corrected chi connectivity index (χ4v) is 4.11. The SMILES string of the molecule is CCN(C)[C@H]1Cc2ccc(OC)c(O)c2C2CC(=O)C(OC)=C[C@@H]21. The van der Waals surface area contributed by atoms with Crippen molar-refractivity contribution in [2.75, 3.05) is 27.8 Å². The molecule has 0 saturated heterocycles. The maximum atomic E-state index is 12.4. The monoisotopic (exact) mass is 331 g/mol. The second-order valence-electron chi connectivity index (χ2n) is 6.58. The minimum absolute atomic E-state index is 0.00767. The van der Waals surface area contributed by atoms with Crippen LogP contribution in [0.15, 0.2) is 24.0 Å². The van der Waals surface area contributed by atoms with Gasteiger partial charge in [0, 0.05) is 29.9 Å². The van der Waals surface area contributed by atoms with Gasteiger partial charge < -0.3 is 19.5 Å². The molecule has 0 spiro atoms. The van der Waals surface area contributed by atoms with Gasteiger partial charge in [0.25, 0.3) is 0 Å². The van der Waals surface area contributed by atoms with Gasteiger partial charge in [0.2, 0.25) is 0 Å². The number of phenolic OH excluding ortho intramolecular Hbond substituents is 1. The molecular formula is C19H25NO4. The first-order valence-corrected chi connectivity index (χ1v) is 8.39. The molecule has 1 aromatic carbocycles. The minimum atomic E-state index is -0.0470. The number of carbonyl (C=O) groups is 1. The zero-order chi connectivity index (χ0) is 17.4. The second-order valence-corrected chi connectivity index (χ2v) is 6.58. The molecular weight excluding hydrogens is 306 g/mol. The van der Waals surface area contributed by atoms with E-state index in [9.17, 15) is 9.90 Å². The van der Waals surface area contributed by atoms with Crippen LogP contribution < -0.4 is 4.74 Å². The predicted octanol–water partition coefficient (Wildman–Crippen LogP) is 2.48. The molecule has 1 unspecified atom stereocenters. The Morgan fingerprint density at radius 1 is 1.25 bits per heavy atom. The molecule has 0 fully saturated rings. The first kappa shape index (κ1) is 16.8. The highest BCUT2D eigenvalue weighted by Crippen LogP contribution is 2.50. The highest BCUT2D eigenvalue weighted by Gasteiger charge is 2.43. The molecule has 5 heteroatoms. The van der Waals surface area contributed by atoms with Crippen LogP contribution in [-0.2, 0) is 16.0 Å². The number of methoxy groups -OCH3 is 2. The Bertz CT molecular complexity index is 682. The summed E-state index contributed by atoms with van der Waals surface area (Å²) in [4.78, 5) is 14.7. The third-order valence-corrected chi connectivity index (χ3v) is 5.51. The molecule has 0 saturated carbocycles. The van der Waals surface area contributed by atoms with Crippen molar-refractivity contribution in [2.45, 2.75) is 31.7 Å². The van der Waals surface area contributed by atoms with E-state index in [1.165, 1.54) is 0 Å². The number of aromatic hydroxyl groups is 1. The van der Waals surface area contributed by atoms with E-state index < -0.39 is 0 Å². The Morgan fingerprint density at radius 3 is 2.62 bits per heavy atom. The first-order valence-electron chi connectivity index (χ1n) is 8.39. The summed E-state index contributed by atoms with van der Waals surface area (Å²) in [5, 5.41) is 10.7. The zero-order valence-electron chi connectivity index (χ0n) is 14.7. The molecule has 1 aromatic rings. The number of carbonyl (C=O) groups excluding carboxylic acids is 1. The highest BCUT2D eigenvalue weighted by molar-refractivity contribution is 5.95. The van der Waals surface area contributed by atoms with Crippen LogP contribution in [0.3, 0.4) is 0 Å². The molecule has 0 aromatic heterocycles. The molecule has 2 aliphatic rings. The molecule has 2 aliphatic carbocycles. The molecule has 0 heterocycles. The number of likely N-dealkylation sites (N-methyl/N-ethyl adjacent to an activating group) is 1. The smallest absolute Gasteiger partial charge is 0.197 e. The van der Waals surface area contributed by atoms with Crippen molar-refractivity contribution >= 4 is 5.78 Å². The number of hydrogen-bond donors (Lipinski definition) is 1. The third-order valence-electron chi connectivity index (χ3n) is 5.51. The lowest BCUT2D eigenvalue weighted by Crippen LogP contribution is -2.46. The lowest BCUT2D eigenvalue weighted by atomic mass is 9.67. The van der Waals surface area contributed by atoms with E-state index in [1.54, 1.807) is 20.3 Å². The maximum absolute atomic E-state index is 12.4. The van der Waals surface area contributed by atoms with Gasteiger partial charge in [-0.05, 0) is 37.7 Å². The molecule has 130 valence electrons. The van der Waals surface area contributed by atoms with Gasteiger partial charge in [-0.1, -0.05) is 13.0 Å². The van der Waals surface area contributed by atoms with Crippen molar-refractivity contribution in [1.29, 1.82) is 0 Å². The van der Waals surface area contributed by atoms with Crippen molar-refractivity contribution in [3.05, 3.63) is 35.1 Å². The van der Waals surface area contributed by atoms with E-state index in [2.05, 4.69) is 18.9 Å². The molecule has 1 N–H and O–H groups in total. The van der Waals surface area contributed by atoms with Crippen LogP contribution in [0.4, 0.5) is 0 Å². The first-order chi connectivity index (χ1) is 11.5. The number of ether oxygens (including phenoxy) is 2. The Balaban J connectivity index is 2.14. The Morgan fingerprint density at radius 2 is 2.00 bits per heavy atom. The van der Waals surface area contributed by atoms with Crippen LogP contribution in [0.5, 0.6) is 11.5 Å². The van der Waals surface area contributed by atoms with E-state index in [1.807, 2.05) is 12.1 Å². The molecule has 0 radical (unpaired) electrons. The number of hydrogen-bond acceptors (Lipinski definition) is 5. The summed E-state index contributed by atoms with van der Waals surface area (Å²) in [5.41, 5.74) is 1.96. The number of allylic oxidation sites excluding steroid dienone is 1. The molecule has 24 heavy (non-hydrogen) atoms. The van der Waals surface area contributed by atoms with Gasteiger partial charge in [-0.3, -0.25) is 4.79 Å². The van der Waals surface area contributed by atoms with E-state index in [-0.39, 0.29) is 29.4 Å². The third kappa shape index (κ3) is 2.57. The minimum Gasteiger partial charge on any atom is -0.504 e. The Kier molecular flexibility index (Phi) is 4.54. The topological polar surface area (TPSA) is 59.0 Å². The van der Waals surface area contributed by atoms with Crippen molar-refractivity contribution in [1.82, 2.24) is 4.90 Å². The predicted molar refractivity (Wildman–Crippen MR) is 91.4 cm³/mol.